The Bertz CT molecular complexity index is 723. The van der Waals surface area contributed by atoms with Gasteiger partial charge >= 0.3 is 11.9 Å². The highest BCUT2D eigenvalue weighted by molar-refractivity contribution is 6.01. The molecule has 1 fully saturated rings. The Hall–Kier alpha value is -2.90. The average molecular weight is 360 g/mol. The van der Waals surface area contributed by atoms with Crippen molar-refractivity contribution in [2.75, 3.05) is 0 Å². The number of hydrogen-bond donors (Lipinski definition) is 2. The number of carbonyl (C=O) groups excluding carboxylic acids is 4. The first kappa shape index (κ1) is 17.9. The van der Waals surface area contributed by atoms with Crippen LogP contribution in [0.5, 0.6) is 11.5 Å². The zero-order valence-corrected chi connectivity index (χ0v) is 14.6. The predicted octanol–water partition coefficient (Wildman–Crippen LogP) is 1.44. The second-order valence-corrected chi connectivity index (χ2v) is 6.26. The van der Waals surface area contributed by atoms with Crippen LogP contribution in [0.3, 0.4) is 0 Å². The minimum atomic E-state index is -0.855. The number of fused-ring (bicyclic) bond motifs is 2. The van der Waals surface area contributed by atoms with Gasteiger partial charge in [0.25, 0.3) is 0 Å². The van der Waals surface area contributed by atoms with Crippen LogP contribution in [-0.2, 0) is 19.2 Å². The molecule has 2 bridgehead atoms. The lowest BCUT2D eigenvalue weighted by atomic mass is 9.85. The van der Waals surface area contributed by atoms with E-state index in [2.05, 4.69) is 10.6 Å². The summed E-state index contributed by atoms with van der Waals surface area (Å²) >= 11 is 0. The van der Waals surface area contributed by atoms with E-state index >= 15 is 0 Å². The van der Waals surface area contributed by atoms with Gasteiger partial charge in [0.05, 0.1) is 0 Å². The zero-order chi connectivity index (χ0) is 18.8. The number of carbonyl (C=O) groups is 4. The van der Waals surface area contributed by atoms with Crippen LogP contribution in [0, 0.1) is 0 Å². The van der Waals surface area contributed by atoms with Crippen molar-refractivity contribution in [1.82, 2.24) is 10.6 Å². The van der Waals surface area contributed by atoms with Crippen molar-refractivity contribution in [3.05, 3.63) is 23.3 Å². The number of hydrogen-bond acceptors (Lipinski definition) is 6. The third-order valence-electron chi connectivity index (χ3n) is 4.22. The molecule has 3 aliphatic heterocycles. The molecule has 1 aromatic rings. The van der Waals surface area contributed by atoms with Crippen molar-refractivity contribution in [3.8, 4) is 11.5 Å². The van der Waals surface area contributed by atoms with Gasteiger partial charge in [-0.3, -0.25) is 19.2 Å². The molecule has 3 heterocycles. The van der Waals surface area contributed by atoms with Crippen molar-refractivity contribution >= 4 is 23.8 Å². The number of rotatable bonds is 6. The molecule has 8 heteroatoms. The Kier molecular flexibility index (Phi) is 4.92. The monoisotopic (exact) mass is 360 g/mol. The molecule has 0 aliphatic carbocycles. The third-order valence-corrected chi connectivity index (χ3v) is 4.22. The van der Waals surface area contributed by atoms with Crippen LogP contribution in [0.1, 0.15) is 62.7 Å². The van der Waals surface area contributed by atoms with Crippen LogP contribution in [0.4, 0.5) is 0 Å². The molecular weight excluding hydrogens is 340 g/mol. The van der Waals surface area contributed by atoms with Crippen LogP contribution < -0.4 is 20.1 Å². The van der Waals surface area contributed by atoms with E-state index in [4.69, 9.17) is 9.47 Å². The summed E-state index contributed by atoms with van der Waals surface area (Å²) in [6, 6.07) is 1.28. The second kappa shape index (κ2) is 7.15. The molecule has 4 rings (SSSR count). The maximum absolute atomic E-state index is 12.0. The van der Waals surface area contributed by atoms with E-state index in [1.54, 1.807) is 0 Å². The average Bonchev–Trinajstić information content (AvgIpc) is 2.57. The summed E-state index contributed by atoms with van der Waals surface area (Å²) in [5.74, 6) is -1.45. The van der Waals surface area contributed by atoms with Crippen molar-refractivity contribution in [3.63, 3.8) is 0 Å². The van der Waals surface area contributed by atoms with Gasteiger partial charge in [-0.05, 0) is 36.1 Å². The van der Waals surface area contributed by atoms with Gasteiger partial charge in [-0.25, -0.2) is 0 Å². The number of esters is 2. The molecule has 2 amide bonds. The van der Waals surface area contributed by atoms with E-state index < -0.39 is 24.0 Å². The Labute approximate surface area is 150 Å². The summed E-state index contributed by atoms with van der Waals surface area (Å²) in [7, 11) is 0. The maximum Gasteiger partial charge on any atom is 0.311 e. The zero-order valence-electron chi connectivity index (χ0n) is 14.6. The molecule has 1 aromatic carbocycles. The van der Waals surface area contributed by atoms with E-state index in [9.17, 15) is 19.2 Å². The van der Waals surface area contributed by atoms with Crippen LogP contribution in [0.2, 0.25) is 0 Å². The van der Waals surface area contributed by atoms with Crippen molar-refractivity contribution < 1.29 is 28.7 Å². The molecule has 2 unspecified atom stereocenters. The van der Waals surface area contributed by atoms with Gasteiger partial charge in [-0.2, -0.15) is 0 Å². The molecule has 8 nitrogen and oxygen atoms in total. The normalized spacial score (nSPS) is 20.1. The first-order chi connectivity index (χ1) is 12.4. The van der Waals surface area contributed by atoms with Gasteiger partial charge in [0.2, 0.25) is 11.8 Å². The second-order valence-electron chi connectivity index (χ2n) is 6.26. The molecule has 0 radical (unpaired) electrons. The fraction of sp³-hybridized carbons (Fsp3) is 0.444. The quantitative estimate of drug-likeness (QED) is 0.587. The molecule has 0 saturated carbocycles. The predicted molar refractivity (Wildman–Crippen MR) is 89.3 cm³/mol. The Morgan fingerprint density at radius 2 is 1.23 bits per heavy atom. The molecule has 138 valence electrons. The molecule has 0 aromatic heterocycles. The smallest absolute Gasteiger partial charge is 0.311 e. The van der Waals surface area contributed by atoms with Crippen LogP contribution in [0.15, 0.2) is 12.1 Å². The van der Waals surface area contributed by atoms with Crippen molar-refractivity contribution in [1.29, 1.82) is 0 Å². The molecule has 1 saturated heterocycles. The van der Waals surface area contributed by atoms with Gasteiger partial charge in [0.15, 0.2) is 11.5 Å². The highest BCUT2D eigenvalue weighted by Crippen LogP contribution is 2.41. The van der Waals surface area contributed by atoms with E-state index in [0.29, 0.717) is 24.0 Å². The minimum Gasteiger partial charge on any atom is -0.423 e. The molecule has 2 atom stereocenters. The third kappa shape index (κ3) is 3.26. The fourth-order valence-corrected chi connectivity index (χ4v) is 3.03. The number of ether oxygens (including phenoxy) is 2. The summed E-state index contributed by atoms with van der Waals surface area (Å²) in [4.78, 5) is 47.9. The standard InChI is InChI=1S/C18H20N2O6/c1-3-5-13(21)25-11-7-9-10(8-12(11)26-14(22)6-4-2)16-18(24)19-15(9)17(23)20-16/h7-8,15-16H,3-6H2,1-2H3,(H,19,24)(H,20,23). The van der Waals surface area contributed by atoms with Gasteiger partial charge in [-0.15, -0.1) is 0 Å². The Morgan fingerprint density at radius 3 is 1.58 bits per heavy atom. The van der Waals surface area contributed by atoms with E-state index in [1.165, 1.54) is 12.1 Å². The van der Waals surface area contributed by atoms with Gasteiger partial charge < -0.3 is 20.1 Å². The highest BCUT2D eigenvalue weighted by atomic mass is 16.6. The first-order valence-electron chi connectivity index (χ1n) is 8.64. The molecule has 3 aliphatic rings. The van der Waals surface area contributed by atoms with E-state index in [0.717, 1.165) is 0 Å². The van der Waals surface area contributed by atoms with E-state index in [-0.39, 0.29) is 36.2 Å². The molecular formula is C18H20N2O6. The maximum atomic E-state index is 12.0. The van der Waals surface area contributed by atoms with E-state index in [1.807, 2.05) is 13.8 Å². The van der Waals surface area contributed by atoms with Crippen molar-refractivity contribution in [2.24, 2.45) is 0 Å². The largest absolute Gasteiger partial charge is 0.423 e. The first-order valence-corrected chi connectivity index (χ1v) is 8.64. The van der Waals surface area contributed by atoms with Crippen LogP contribution >= 0.6 is 0 Å². The van der Waals surface area contributed by atoms with Crippen molar-refractivity contribution in [2.45, 2.75) is 51.6 Å². The van der Waals surface area contributed by atoms with Crippen LogP contribution in [0.25, 0.3) is 0 Å². The summed E-state index contributed by atoms with van der Waals surface area (Å²) in [5, 5.41) is 5.22. The summed E-state index contributed by atoms with van der Waals surface area (Å²) in [6.45, 7) is 3.68. The van der Waals surface area contributed by atoms with Crippen LogP contribution in [-0.4, -0.2) is 23.8 Å². The molecule has 0 spiro atoms. The topological polar surface area (TPSA) is 111 Å². The fourth-order valence-electron chi connectivity index (χ4n) is 3.03. The van der Waals surface area contributed by atoms with Gasteiger partial charge in [0.1, 0.15) is 12.1 Å². The highest BCUT2D eigenvalue weighted by Gasteiger charge is 2.44. The number of nitrogens with one attached hydrogen (secondary N) is 2. The summed E-state index contributed by atoms with van der Waals surface area (Å²) in [6.07, 6.45) is 1.64. The lowest BCUT2D eigenvalue weighted by Gasteiger charge is -2.38. The van der Waals surface area contributed by atoms with Gasteiger partial charge in [-0.1, -0.05) is 13.8 Å². The van der Waals surface area contributed by atoms with Gasteiger partial charge in [0, 0.05) is 12.8 Å². The Balaban J connectivity index is 2.01. The molecule has 26 heavy (non-hydrogen) atoms. The lowest BCUT2D eigenvalue weighted by molar-refractivity contribution is -0.138. The summed E-state index contributed by atoms with van der Waals surface area (Å²) in [5.41, 5.74) is 1.07. The summed E-state index contributed by atoms with van der Waals surface area (Å²) < 4.78 is 10.7. The number of benzene rings is 1. The SMILES string of the molecule is CCCC(=O)Oc1cc2c(cc1OC(=O)CCC)C1NC(=O)C2NC1=O. The minimum absolute atomic E-state index is 0.0706. The molecule has 2 N–H and O–H groups in total. The lowest BCUT2D eigenvalue weighted by Crippen LogP contribution is -2.57. The number of amides is 2. The Morgan fingerprint density at radius 1 is 0.846 bits per heavy atom. The number of piperazine rings is 1.